The molecule has 7 heteroatoms. The topological polar surface area (TPSA) is 61.3 Å². The van der Waals surface area contributed by atoms with E-state index in [1.165, 1.54) is 6.07 Å². The van der Waals surface area contributed by atoms with Crippen LogP contribution in [-0.4, -0.2) is 23.3 Å². The van der Waals surface area contributed by atoms with E-state index in [0.29, 0.717) is 11.5 Å². The number of hydrogen-bond donors (Lipinski definition) is 0. The summed E-state index contributed by atoms with van der Waals surface area (Å²) in [7, 11) is 1.58. The van der Waals surface area contributed by atoms with Gasteiger partial charge in [-0.3, -0.25) is 0 Å². The predicted octanol–water partition coefficient (Wildman–Crippen LogP) is 4.31. The van der Waals surface area contributed by atoms with Gasteiger partial charge in [-0.25, -0.2) is 4.79 Å². The Hall–Kier alpha value is -1.85. The Morgan fingerprint density at radius 3 is 2.43 bits per heavy atom. The number of carbonyl (C=O) groups excluding carboxylic acids is 1. The largest absolute Gasteiger partial charge is 0.497 e. The molecule has 0 saturated heterocycles. The summed E-state index contributed by atoms with van der Waals surface area (Å²) in [5, 5.41) is 7.17. The molecule has 2 aromatic rings. The number of benzene rings is 1. The molecule has 0 aliphatic carbocycles. The molecule has 2 rings (SSSR count). The lowest BCUT2D eigenvalue weighted by Crippen LogP contribution is -2.17. The van der Waals surface area contributed by atoms with Gasteiger partial charge in [0, 0.05) is 5.56 Å². The Kier molecular flexibility index (Phi) is 5.12. The Balaban J connectivity index is 2.39. The molecule has 0 bridgehead atoms. The Bertz CT molecular complexity index is 743. The maximum absolute atomic E-state index is 12.4. The van der Waals surface area contributed by atoms with Crippen LogP contribution in [0, 0.1) is 0 Å². The van der Waals surface area contributed by atoms with Crippen LogP contribution in [0.4, 0.5) is 0 Å². The van der Waals surface area contributed by atoms with Crippen molar-refractivity contribution >= 4 is 29.2 Å². The molecule has 0 aliphatic heterocycles. The molecule has 1 heterocycles. The van der Waals surface area contributed by atoms with Crippen LogP contribution in [0.5, 0.6) is 11.5 Å². The number of aromatic nitrogens is 2. The van der Waals surface area contributed by atoms with Gasteiger partial charge in [-0.2, -0.15) is 0 Å². The summed E-state index contributed by atoms with van der Waals surface area (Å²) < 4.78 is 10.7. The number of carbonyl (C=O) groups is 1. The van der Waals surface area contributed by atoms with Crippen molar-refractivity contribution in [3.8, 4) is 11.5 Å². The molecule has 122 valence electrons. The number of hydrogen-bond acceptors (Lipinski definition) is 5. The van der Waals surface area contributed by atoms with E-state index in [-0.39, 0.29) is 21.3 Å². The zero-order chi connectivity index (χ0) is 17.2. The van der Waals surface area contributed by atoms with Crippen molar-refractivity contribution in [1.29, 1.82) is 0 Å². The lowest BCUT2D eigenvalue weighted by molar-refractivity contribution is 0.0731. The average molecular weight is 355 g/mol. The van der Waals surface area contributed by atoms with Gasteiger partial charge in [0.1, 0.15) is 17.1 Å². The number of rotatable bonds is 3. The molecule has 0 atom stereocenters. The molecule has 0 aliphatic rings. The molecule has 0 saturated carbocycles. The number of halogens is 2. The van der Waals surface area contributed by atoms with E-state index in [1.807, 2.05) is 26.8 Å². The standard InChI is InChI=1S/C16H16Cl2N2O3/c1-16(2,3)11-7-9(22-4)5-6-12(11)23-15(21)10-8-13(17)19-20-14(10)18/h5-8H,1-4H3. The van der Waals surface area contributed by atoms with Crippen LogP contribution in [0.15, 0.2) is 24.3 Å². The summed E-state index contributed by atoms with van der Waals surface area (Å²) in [5.41, 5.74) is 0.638. The highest BCUT2D eigenvalue weighted by molar-refractivity contribution is 6.33. The zero-order valence-corrected chi connectivity index (χ0v) is 14.7. The third kappa shape index (κ3) is 4.12. The molecule has 0 radical (unpaired) electrons. The van der Waals surface area contributed by atoms with Crippen LogP contribution in [-0.2, 0) is 5.41 Å². The van der Waals surface area contributed by atoms with Crippen LogP contribution in [0.25, 0.3) is 0 Å². The minimum absolute atomic E-state index is 0.0577. The highest BCUT2D eigenvalue weighted by atomic mass is 35.5. The van der Waals surface area contributed by atoms with Gasteiger partial charge < -0.3 is 9.47 Å². The summed E-state index contributed by atoms with van der Waals surface area (Å²) in [4.78, 5) is 12.4. The van der Waals surface area contributed by atoms with Gasteiger partial charge in [0.2, 0.25) is 0 Å². The number of methoxy groups -OCH3 is 1. The van der Waals surface area contributed by atoms with Crippen LogP contribution in [0.3, 0.4) is 0 Å². The Labute approximate surface area is 144 Å². The fourth-order valence-corrected chi connectivity index (χ4v) is 2.28. The van der Waals surface area contributed by atoms with E-state index in [1.54, 1.807) is 19.2 Å². The first-order valence-corrected chi connectivity index (χ1v) is 7.57. The smallest absolute Gasteiger partial charge is 0.346 e. The lowest BCUT2D eigenvalue weighted by Gasteiger charge is -2.23. The number of ether oxygens (including phenoxy) is 2. The first-order valence-electron chi connectivity index (χ1n) is 6.82. The van der Waals surface area contributed by atoms with Gasteiger partial charge >= 0.3 is 5.97 Å². The van der Waals surface area contributed by atoms with Crippen molar-refractivity contribution in [2.24, 2.45) is 0 Å². The molecule has 1 aromatic carbocycles. The van der Waals surface area contributed by atoms with Crippen molar-refractivity contribution in [3.63, 3.8) is 0 Å². The van der Waals surface area contributed by atoms with Crippen LogP contribution < -0.4 is 9.47 Å². The third-order valence-corrected chi connectivity index (χ3v) is 3.60. The predicted molar refractivity (Wildman–Crippen MR) is 88.7 cm³/mol. The van der Waals surface area contributed by atoms with Gasteiger partial charge in [0.05, 0.1) is 7.11 Å². The maximum atomic E-state index is 12.4. The minimum Gasteiger partial charge on any atom is -0.497 e. The van der Waals surface area contributed by atoms with Crippen molar-refractivity contribution in [3.05, 3.63) is 45.7 Å². The van der Waals surface area contributed by atoms with E-state index in [4.69, 9.17) is 32.7 Å². The molecule has 0 N–H and O–H groups in total. The zero-order valence-electron chi connectivity index (χ0n) is 13.2. The molecule has 1 aromatic heterocycles. The van der Waals surface area contributed by atoms with E-state index in [9.17, 15) is 4.79 Å². The summed E-state index contributed by atoms with van der Waals surface area (Å²) in [6.07, 6.45) is 0. The van der Waals surface area contributed by atoms with Gasteiger partial charge in [0.15, 0.2) is 10.3 Å². The maximum Gasteiger partial charge on any atom is 0.346 e. The third-order valence-electron chi connectivity index (χ3n) is 3.14. The SMILES string of the molecule is COc1ccc(OC(=O)c2cc(Cl)nnc2Cl)c(C(C)(C)C)c1. The normalized spacial score (nSPS) is 11.2. The van der Waals surface area contributed by atoms with Crippen LogP contribution >= 0.6 is 23.2 Å². The number of nitrogens with zero attached hydrogens (tertiary/aromatic N) is 2. The van der Waals surface area contributed by atoms with Gasteiger partial charge in [-0.15, -0.1) is 10.2 Å². The molecule has 23 heavy (non-hydrogen) atoms. The highest BCUT2D eigenvalue weighted by Crippen LogP contribution is 2.35. The molecular formula is C16H16Cl2N2O3. The molecular weight excluding hydrogens is 339 g/mol. The molecule has 0 spiro atoms. The summed E-state index contributed by atoms with van der Waals surface area (Å²) >= 11 is 11.6. The summed E-state index contributed by atoms with van der Waals surface area (Å²) in [6.45, 7) is 6.03. The quantitative estimate of drug-likeness (QED) is 0.607. The van der Waals surface area contributed by atoms with Crippen LogP contribution in [0.1, 0.15) is 36.7 Å². The molecule has 5 nitrogen and oxygen atoms in total. The second-order valence-corrected chi connectivity index (χ2v) is 6.62. The van der Waals surface area contributed by atoms with Gasteiger partial charge in [0.25, 0.3) is 0 Å². The first kappa shape index (κ1) is 17.5. The average Bonchev–Trinajstić information content (AvgIpc) is 2.49. The van der Waals surface area contributed by atoms with Crippen molar-refractivity contribution < 1.29 is 14.3 Å². The van der Waals surface area contributed by atoms with Crippen molar-refractivity contribution in [2.45, 2.75) is 26.2 Å². The van der Waals surface area contributed by atoms with Gasteiger partial charge in [-0.05, 0) is 29.7 Å². The van der Waals surface area contributed by atoms with E-state index < -0.39 is 5.97 Å². The second-order valence-electron chi connectivity index (χ2n) is 5.87. The first-order chi connectivity index (χ1) is 10.7. The lowest BCUT2D eigenvalue weighted by atomic mass is 9.86. The highest BCUT2D eigenvalue weighted by Gasteiger charge is 2.23. The van der Waals surface area contributed by atoms with E-state index in [0.717, 1.165) is 5.56 Å². The van der Waals surface area contributed by atoms with E-state index in [2.05, 4.69) is 10.2 Å². The Morgan fingerprint density at radius 2 is 1.83 bits per heavy atom. The fourth-order valence-electron chi connectivity index (χ4n) is 1.96. The monoisotopic (exact) mass is 354 g/mol. The molecule has 0 unspecified atom stereocenters. The van der Waals surface area contributed by atoms with Crippen molar-refractivity contribution in [2.75, 3.05) is 7.11 Å². The molecule has 0 amide bonds. The minimum atomic E-state index is -0.650. The van der Waals surface area contributed by atoms with Crippen molar-refractivity contribution in [1.82, 2.24) is 10.2 Å². The fraction of sp³-hybridized carbons (Fsp3) is 0.312. The van der Waals surface area contributed by atoms with Crippen LogP contribution in [0.2, 0.25) is 10.3 Å². The summed E-state index contributed by atoms with van der Waals surface area (Å²) in [5.74, 6) is 0.455. The van der Waals surface area contributed by atoms with Gasteiger partial charge in [-0.1, -0.05) is 44.0 Å². The molecule has 0 fully saturated rings. The second kappa shape index (κ2) is 6.72. The summed E-state index contributed by atoms with van der Waals surface area (Å²) in [6, 6.07) is 6.56. The Morgan fingerprint density at radius 1 is 1.13 bits per heavy atom. The number of esters is 1. The van der Waals surface area contributed by atoms with E-state index >= 15 is 0 Å².